The molecule has 0 bridgehead atoms. The number of carbonyl (C=O) groups is 2. The second-order valence-electron chi connectivity index (χ2n) is 5.54. The molecule has 1 amide bonds. The molecular weight excluding hydrogens is 368 g/mol. The van der Waals surface area contributed by atoms with E-state index in [1.54, 1.807) is 0 Å². The largest absolute Gasteiger partial charge is 0.480 e. The van der Waals surface area contributed by atoms with Crippen LogP contribution < -0.4 is 5.32 Å². The van der Waals surface area contributed by atoms with Crippen LogP contribution in [0, 0.1) is 5.82 Å². The molecule has 1 aromatic rings. The lowest BCUT2D eigenvalue weighted by Gasteiger charge is -2.20. The fraction of sp³-hybridized carbons (Fsp3) is 0.467. The van der Waals surface area contributed by atoms with Crippen molar-refractivity contribution in [1.82, 2.24) is 10.2 Å². The van der Waals surface area contributed by atoms with Gasteiger partial charge in [-0.15, -0.1) is 12.4 Å². The molecule has 1 saturated heterocycles. The van der Waals surface area contributed by atoms with Crippen LogP contribution in [0.2, 0.25) is 0 Å². The zero-order valence-electron chi connectivity index (χ0n) is 13.0. The summed E-state index contributed by atoms with van der Waals surface area (Å²) in [5.74, 6) is -2.63. The quantitative estimate of drug-likeness (QED) is 0.765. The van der Waals surface area contributed by atoms with Crippen molar-refractivity contribution in [2.45, 2.75) is 31.6 Å². The normalized spacial score (nSPS) is 17.8. The van der Waals surface area contributed by atoms with E-state index in [9.17, 15) is 27.2 Å². The summed E-state index contributed by atoms with van der Waals surface area (Å²) in [6, 6.07) is 1.47. The topological polar surface area (TPSA) is 69.6 Å². The lowest BCUT2D eigenvalue weighted by Crippen LogP contribution is -2.42. The average Bonchev–Trinajstić information content (AvgIpc) is 2.93. The molecule has 140 valence electrons. The lowest BCUT2D eigenvalue weighted by atomic mass is 10.1. The fourth-order valence-electron chi connectivity index (χ4n) is 2.70. The number of carboxylic acids is 1. The highest BCUT2D eigenvalue weighted by Crippen LogP contribution is 2.32. The van der Waals surface area contributed by atoms with Crippen molar-refractivity contribution in [3.8, 4) is 0 Å². The summed E-state index contributed by atoms with van der Waals surface area (Å²) in [5, 5.41) is 11.3. The van der Waals surface area contributed by atoms with Gasteiger partial charge in [0.2, 0.25) is 5.91 Å². The Morgan fingerprint density at radius 3 is 2.60 bits per heavy atom. The predicted molar refractivity (Wildman–Crippen MR) is 82.7 cm³/mol. The molecule has 1 atom stereocenters. The van der Waals surface area contributed by atoms with E-state index >= 15 is 0 Å². The number of rotatable bonds is 5. The van der Waals surface area contributed by atoms with Crippen LogP contribution in [-0.2, 0) is 22.3 Å². The first-order valence-corrected chi connectivity index (χ1v) is 7.27. The molecule has 1 aliphatic heterocycles. The fourth-order valence-corrected chi connectivity index (χ4v) is 2.70. The van der Waals surface area contributed by atoms with Gasteiger partial charge in [-0.1, -0.05) is 6.07 Å². The van der Waals surface area contributed by atoms with Crippen LogP contribution in [0.5, 0.6) is 0 Å². The zero-order valence-corrected chi connectivity index (χ0v) is 13.8. The highest BCUT2D eigenvalue weighted by molar-refractivity contribution is 5.85. The van der Waals surface area contributed by atoms with E-state index in [4.69, 9.17) is 5.11 Å². The minimum absolute atomic E-state index is 0. The Bertz CT molecular complexity index is 640. The van der Waals surface area contributed by atoms with Gasteiger partial charge in [0.25, 0.3) is 0 Å². The summed E-state index contributed by atoms with van der Waals surface area (Å²) < 4.78 is 51.6. The van der Waals surface area contributed by atoms with Crippen molar-refractivity contribution >= 4 is 24.3 Å². The number of hydrogen-bond acceptors (Lipinski definition) is 3. The molecule has 1 fully saturated rings. The number of likely N-dealkylation sites (tertiary alicyclic amines) is 1. The van der Waals surface area contributed by atoms with Crippen LogP contribution in [0.1, 0.15) is 24.0 Å². The number of amides is 1. The van der Waals surface area contributed by atoms with Gasteiger partial charge < -0.3 is 10.4 Å². The molecule has 25 heavy (non-hydrogen) atoms. The maximum Gasteiger partial charge on any atom is 0.416 e. The average molecular weight is 385 g/mol. The minimum atomic E-state index is -4.73. The van der Waals surface area contributed by atoms with E-state index in [0.29, 0.717) is 25.5 Å². The first kappa shape index (κ1) is 21.2. The number of nitrogens with zero attached hydrogens (tertiary/aromatic N) is 1. The van der Waals surface area contributed by atoms with Crippen molar-refractivity contribution in [1.29, 1.82) is 0 Å². The molecule has 1 aliphatic rings. The number of aliphatic carboxylic acids is 1. The van der Waals surface area contributed by atoms with E-state index in [1.807, 2.05) is 0 Å². The highest BCUT2D eigenvalue weighted by atomic mass is 35.5. The second kappa shape index (κ2) is 8.48. The van der Waals surface area contributed by atoms with Crippen LogP contribution in [0.25, 0.3) is 0 Å². The molecule has 2 N–H and O–H groups in total. The van der Waals surface area contributed by atoms with Crippen molar-refractivity contribution in [3.63, 3.8) is 0 Å². The molecule has 1 heterocycles. The second-order valence-corrected chi connectivity index (χ2v) is 5.54. The monoisotopic (exact) mass is 384 g/mol. The van der Waals surface area contributed by atoms with Gasteiger partial charge >= 0.3 is 12.1 Å². The number of carboxylic acid groups (broad SMARTS) is 1. The van der Waals surface area contributed by atoms with Crippen LogP contribution in [0.4, 0.5) is 17.6 Å². The van der Waals surface area contributed by atoms with E-state index in [0.717, 1.165) is 12.1 Å². The van der Waals surface area contributed by atoms with Crippen molar-refractivity contribution in [2.24, 2.45) is 0 Å². The van der Waals surface area contributed by atoms with E-state index in [1.165, 1.54) is 4.90 Å². The van der Waals surface area contributed by atoms with Gasteiger partial charge in [0.15, 0.2) is 0 Å². The molecule has 1 unspecified atom stereocenters. The molecule has 2 rings (SSSR count). The Labute approximate surface area is 147 Å². The third-order valence-electron chi connectivity index (χ3n) is 3.85. The van der Waals surface area contributed by atoms with Crippen molar-refractivity contribution in [2.75, 3.05) is 13.1 Å². The summed E-state index contributed by atoms with van der Waals surface area (Å²) >= 11 is 0. The Balaban J connectivity index is 0.00000312. The summed E-state index contributed by atoms with van der Waals surface area (Å²) in [4.78, 5) is 24.4. The molecule has 0 aliphatic carbocycles. The van der Waals surface area contributed by atoms with Crippen LogP contribution in [-0.4, -0.2) is 41.0 Å². The molecular formula is C15H17ClF4N2O3. The maximum atomic E-state index is 13.0. The number of alkyl halides is 3. The smallest absolute Gasteiger partial charge is 0.416 e. The predicted octanol–water partition coefficient (Wildman–Crippen LogP) is 2.43. The summed E-state index contributed by atoms with van der Waals surface area (Å²) in [7, 11) is 0. The zero-order chi connectivity index (χ0) is 17.9. The van der Waals surface area contributed by atoms with E-state index in [-0.39, 0.29) is 24.5 Å². The van der Waals surface area contributed by atoms with Crippen molar-refractivity contribution in [3.05, 3.63) is 35.1 Å². The standard InChI is InChI=1S/C15H16F4N2O3.ClH/c16-10-4-3-9(11(6-10)15(17,18)19)7-20-13(22)8-21-5-1-2-12(21)14(23)24;/h3-4,6,12H,1-2,5,7-8H2,(H,20,22)(H,23,24);1H. The molecule has 1 aromatic carbocycles. The van der Waals surface area contributed by atoms with E-state index in [2.05, 4.69) is 5.32 Å². The van der Waals surface area contributed by atoms with Gasteiger partial charge in [-0.3, -0.25) is 14.5 Å². The third-order valence-corrected chi connectivity index (χ3v) is 3.85. The Morgan fingerprint density at radius 2 is 2.00 bits per heavy atom. The summed E-state index contributed by atoms with van der Waals surface area (Å²) in [5.41, 5.74) is -1.40. The maximum absolute atomic E-state index is 13.0. The van der Waals surface area contributed by atoms with Crippen molar-refractivity contribution < 1.29 is 32.3 Å². The van der Waals surface area contributed by atoms with Gasteiger partial charge in [-0.2, -0.15) is 13.2 Å². The molecule has 5 nitrogen and oxygen atoms in total. The first-order chi connectivity index (χ1) is 11.2. The third kappa shape index (κ3) is 5.57. The number of benzene rings is 1. The first-order valence-electron chi connectivity index (χ1n) is 7.27. The molecule has 10 heteroatoms. The number of nitrogens with one attached hydrogen (secondary N) is 1. The van der Waals surface area contributed by atoms with E-state index < -0.39 is 42.0 Å². The summed E-state index contributed by atoms with van der Waals surface area (Å²) in [6.45, 7) is -0.187. The highest BCUT2D eigenvalue weighted by Gasteiger charge is 2.34. The number of hydrogen-bond donors (Lipinski definition) is 2. The van der Waals surface area contributed by atoms with Crippen LogP contribution in [0.3, 0.4) is 0 Å². The molecule has 0 spiro atoms. The van der Waals surface area contributed by atoms with Gasteiger partial charge in [-0.05, 0) is 37.1 Å². The van der Waals surface area contributed by atoms with Gasteiger partial charge in [0.05, 0.1) is 12.1 Å². The molecule has 0 radical (unpaired) electrons. The Hall–Kier alpha value is -1.87. The Kier molecular flexibility index (Phi) is 7.18. The van der Waals surface area contributed by atoms with Gasteiger partial charge in [0.1, 0.15) is 11.9 Å². The van der Waals surface area contributed by atoms with Crippen LogP contribution in [0.15, 0.2) is 18.2 Å². The number of carbonyl (C=O) groups excluding carboxylic acids is 1. The Morgan fingerprint density at radius 1 is 1.32 bits per heavy atom. The van der Waals surface area contributed by atoms with Crippen LogP contribution >= 0.6 is 12.4 Å². The number of halogens is 5. The SMILES string of the molecule is Cl.O=C(CN1CCCC1C(=O)O)NCc1ccc(F)cc1C(F)(F)F. The molecule has 0 saturated carbocycles. The summed E-state index contributed by atoms with van der Waals surface area (Å²) in [6.07, 6.45) is -3.66. The van der Waals surface area contributed by atoms with Gasteiger partial charge in [0, 0.05) is 6.54 Å². The molecule has 0 aromatic heterocycles. The van der Waals surface area contributed by atoms with Gasteiger partial charge in [-0.25, -0.2) is 4.39 Å². The minimum Gasteiger partial charge on any atom is -0.480 e. The lowest BCUT2D eigenvalue weighted by molar-refractivity contribution is -0.143.